The first-order valence-corrected chi connectivity index (χ1v) is 5.36. The van der Waals surface area contributed by atoms with Gasteiger partial charge in [-0.1, -0.05) is 0 Å². The van der Waals surface area contributed by atoms with E-state index in [1.165, 1.54) is 7.11 Å². The zero-order valence-corrected chi connectivity index (χ0v) is 9.99. The van der Waals surface area contributed by atoms with Gasteiger partial charge in [0.25, 0.3) is 0 Å². The number of carbonyl (C=O) groups is 1. The molecule has 88 valence electrons. The third-order valence-corrected chi connectivity index (χ3v) is 2.57. The van der Waals surface area contributed by atoms with Crippen LogP contribution in [0.3, 0.4) is 0 Å². The van der Waals surface area contributed by atoms with Gasteiger partial charge in [0, 0.05) is 24.5 Å². The van der Waals surface area contributed by atoms with Crippen molar-refractivity contribution >= 4 is 17.3 Å². The Hall–Kier alpha value is -1.71. The molecule has 0 aliphatic rings. The van der Waals surface area contributed by atoms with Crippen molar-refractivity contribution in [2.75, 3.05) is 30.8 Å². The van der Waals surface area contributed by atoms with Gasteiger partial charge in [-0.05, 0) is 32.0 Å². The van der Waals surface area contributed by atoms with E-state index >= 15 is 0 Å². The predicted molar refractivity (Wildman–Crippen MR) is 65.8 cm³/mol. The number of anilines is 2. The molecule has 0 unspecified atom stereocenters. The van der Waals surface area contributed by atoms with E-state index in [1.54, 1.807) is 12.1 Å². The van der Waals surface area contributed by atoms with Crippen LogP contribution in [0.2, 0.25) is 0 Å². The smallest absolute Gasteiger partial charge is 0.339 e. The SMILES string of the molecule is CCN(CC)c1ccc(C(=O)OC)c(N)c1. The van der Waals surface area contributed by atoms with Gasteiger partial charge < -0.3 is 15.4 Å². The van der Waals surface area contributed by atoms with Gasteiger partial charge in [0.05, 0.1) is 12.7 Å². The van der Waals surface area contributed by atoms with Crippen molar-refractivity contribution in [1.29, 1.82) is 0 Å². The van der Waals surface area contributed by atoms with Crippen LogP contribution in [0.4, 0.5) is 11.4 Å². The highest BCUT2D eigenvalue weighted by Gasteiger charge is 2.11. The second-order valence-electron chi connectivity index (χ2n) is 3.44. The number of carbonyl (C=O) groups excluding carboxylic acids is 1. The second-order valence-corrected chi connectivity index (χ2v) is 3.44. The summed E-state index contributed by atoms with van der Waals surface area (Å²) in [4.78, 5) is 13.5. The molecule has 16 heavy (non-hydrogen) atoms. The molecule has 0 heterocycles. The Morgan fingerprint density at radius 1 is 1.38 bits per heavy atom. The molecule has 1 rings (SSSR count). The number of ether oxygens (including phenoxy) is 1. The zero-order valence-electron chi connectivity index (χ0n) is 9.99. The van der Waals surface area contributed by atoms with Crippen LogP contribution < -0.4 is 10.6 Å². The topological polar surface area (TPSA) is 55.6 Å². The minimum Gasteiger partial charge on any atom is -0.465 e. The highest BCUT2D eigenvalue weighted by atomic mass is 16.5. The summed E-state index contributed by atoms with van der Waals surface area (Å²) >= 11 is 0. The number of nitrogen functional groups attached to an aromatic ring is 1. The molecule has 0 aliphatic carbocycles. The highest BCUT2D eigenvalue weighted by molar-refractivity contribution is 5.95. The van der Waals surface area contributed by atoms with Crippen LogP contribution in [0.5, 0.6) is 0 Å². The van der Waals surface area contributed by atoms with Crippen molar-refractivity contribution in [3.8, 4) is 0 Å². The van der Waals surface area contributed by atoms with Crippen molar-refractivity contribution in [3.05, 3.63) is 23.8 Å². The molecule has 0 aromatic heterocycles. The number of benzene rings is 1. The van der Waals surface area contributed by atoms with Gasteiger partial charge in [0.1, 0.15) is 0 Å². The fraction of sp³-hybridized carbons (Fsp3) is 0.417. The van der Waals surface area contributed by atoms with E-state index in [4.69, 9.17) is 5.73 Å². The Labute approximate surface area is 96.0 Å². The van der Waals surface area contributed by atoms with Gasteiger partial charge in [-0.25, -0.2) is 4.79 Å². The number of nitrogens with two attached hydrogens (primary N) is 1. The van der Waals surface area contributed by atoms with E-state index in [0.29, 0.717) is 11.3 Å². The van der Waals surface area contributed by atoms with Gasteiger partial charge in [0.2, 0.25) is 0 Å². The first-order valence-electron chi connectivity index (χ1n) is 5.36. The Bertz CT molecular complexity index is 373. The molecule has 0 radical (unpaired) electrons. The first-order chi connectivity index (χ1) is 7.63. The summed E-state index contributed by atoms with van der Waals surface area (Å²) in [5.74, 6) is -0.399. The molecule has 4 nitrogen and oxygen atoms in total. The molecule has 0 amide bonds. The molecule has 4 heteroatoms. The van der Waals surface area contributed by atoms with Crippen LogP contribution in [-0.2, 0) is 4.74 Å². The fourth-order valence-electron chi connectivity index (χ4n) is 1.63. The van der Waals surface area contributed by atoms with Crippen LogP contribution >= 0.6 is 0 Å². The van der Waals surface area contributed by atoms with Gasteiger partial charge in [-0.15, -0.1) is 0 Å². The third kappa shape index (κ3) is 2.45. The summed E-state index contributed by atoms with van der Waals surface area (Å²) < 4.78 is 4.64. The second kappa shape index (κ2) is 5.39. The minimum absolute atomic E-state index is 0.399. The maximum Gasteiger partial charge on any atom is 0.339 e. The summed E-state index contributed by atoms with van der Waals surface area (Å²) in [6.45, 7) is 5.98. The Balaban J connectivity index is 3.03. The van der Waals surface area contributed by atoms with Crippen molar-refractivity contribution in [2.45, 2.75) is 13.8 Å². The van der Waals surface area contributed by atoms with Gasteiger partial charge >= 0.3 is 5.97 Å². The zero-order chi connectivity index (χ0) is 12.1. The molecule has 0 fully saturated rings. The van der Waals surface area contributed by atoms with Gasteiger partial charge in [-0.2, -0.15) is 0 Å². The van der Waals surface area contributed by atoms with Crippen molar-refractivity contribution in [1.82, 2.24) is 0 Å². The average molecular weight is 222 g/mol. The Morgan fingerprint density at radius 2 is 2.00 bits per heavy atom. The lowest BCUT2D eigenvalue weighted by molar-refractivity contribution is 0.0602. The molecule has 2 N–H and O–H groups in total. The van der Waals surface area contributed by atoms with Crippen LogP contribution in [0, 0.1) is 0 Å². The van der Waals surface area contributed by atoms with E-state index < -0.39 is 5.97 Å². The van der Waals surface area contributed by atoms with Crippen molar-refractivity contribution in [2.24, 2.45) is 0 Å². The van der Waals surface area contributed by atoms with Crippen LogP contribution in [0.1, 0.15) is 24.2 Å². The average Bonchev–Trinajstić information content (AvgIpc) is 2.30. The quantitative estimate of drug-likeness (QED) is 0.624. The van der Waals surface area contributed by atoms with Crippen LogP contribution in [0.15, 0.2) is 18.2 Å². The maximum atomic E-state index is 11.3. The number of rotatable bonds is 4. The largest absolute Gasteiger partial charge is 0.465 e. The normalized spacial score (nSPS) is 9.94. The van der Waals surface area contributed by atoms with E-state index in [1.807, 2.05) is 6.07 Å². The minimum atomic E-state index is -0.399. The molecule has 0 bridgehead atoms. The summed E-state index contributed by atoms with van der Waals surface area (Å²) in [7, 11) is 1.35. The molecule has 1 aromatic rings. The van der Waals surface area contributed by atoms with Gasteiger partial charge in [0.15, 0.2) is 0 Å². The molecule has 1 aromatic carbocycles. The number of esters is 1. The lowest BCUT2D eigenvalue weighted by atomic mass is 10.1. The summed E-state index contributed by atoms with van der Waals surface area (Å²) in [5.41, 5.74) is 7.71. The molecule has 0 saturated carbocycles. The summed E-state index contributed by atoms with van der Waals surface area (Å²) in [5, 5.41) is 0. The monoisotopic (exact) mass is 222 g/mol. The summed E-state index contributed by atoms with van der Waals surface area (Å²) in [6, 6.07) is 5.39. The molecule has 0 atom stereocenters. The number of methoxy groups -OCH3 is 1. The number of hydrogen-bond acceptors (Lipinski definition) is 4. The predicted octanol–water partition coefficient (Wildman–Crippen LogP) is 1.90. The van der Waals surface area contributed by atoms with Crippen LogP contribution in [0.25, 0.3) is 0 Å². The van der Waals surface area contributed by atoms with E-state index in [0.717, 1.165) is 18.8 Å². The maximum absolute atomic E-state index is 11.3. The molecule has 0 aliphatic heterocycles. The fourth-order valence-corrected chi connectivity index (χ4v) is 1.63. The van der Waals surface area contributed by atoms with E-state index in [-0.39, 0.29) is 0 Å². The van der Waals surface area contributed by atoms with Crippen LogP contribution in [-0.4, -0.2) is 26.2 Å². The molecule has 0 saturated heterocycles. The first kappa shape index (κ1) is 12.4. The van der Waals surface area contributed by atoms with Crippen molar-refractivity contribution < 1.29 is 9.53 Å². The summed E-state index contributed by atoms with van der Waals surface area (Å²) in [6.07, 6.45) is 0. The Kier molecular flexibility index (Phi) is 4.17. The van der Waals surface area contributed by atoms with E-state index in [2.05, 4.69) is 23.5 Å². The van der Waals surface area contributed by atoms with Crippen molar-refractivity contribution in [3.63, 3.8) is 0 Å². The third-order valence-electron chi connectivity index (χ3n) is 2.57. The standard InChI is InChI=1S/C12H18N2O2/c1-4-14(5-2)9-6-7-10(11(13)8-9)12(15)16-3/h6-8H,4-5,13H2,1-3H3. The molecular weight excluding hydrogens is 204 g/mol. The molecular formula is C12H18N2O2. The van der Waals surface area contributed by atoms with E-state index in [9.17, 15) is 4.79 Å². The Morgan fingerprint density at radius 3 is 2.44 bits per heavy atom. The lowest BCUT2D eigenvalue weighted by Gasteiger charge is -2.21. The number of hydrogen-bond donors (Lipinski definition) is 1. The molecule has 0 spiro atoms. The van der Waals surface area contributed by atoms with Gasteiger partial charge in [-0.3, -0.25) is 0 Å². The lowest BCUT2D eigenvalue weighted by Crippen LogP contribution is -2.22. The highest BCUT2D eigenvalue weighted by Crippen LogP contribution is 2.21. The number of nitrogens with zero attached hydrogens (tertiary/aromatic N) is 1.